The van der Waals surface area contributed by atoms with Gasteiger partial charge in [-0.1, -0.05) is 6.08 Å². The highest BCUT2D eigenvalue weighted by Crippen LogP contribution is 2.19. The third-order valence-corrected chi connectivity index (χ3v) is 3.48. The fourth-order valence-electron chi connectivity index (χ4n) is 0.962. The minimum absolute atomic E-state index is 0.350. The summed E-state index contributed by atoms with van der Waals surface area (Å²) in [6.07, 6.45) is 6.44. The fourth-order valence-corrected chi connectivity index (χ4v) is 1.19. The Morgan fingerprint density at radius 2 is 2.15 bits per heavy atom. The summed E-state index contributed by atoms with van der Waals surface area (Å²) in [4.78, 5) is 0. The molecule has 0 aromatic carbocycles. The third-order valence-electron chi connectivity index (χ3n) is 2.23. The lowest BCUT2D eigenvalue weighted by molar-refractivity contribution is 0.486. The molecule has 1 N–H and O–H groups in total. The second-order valence-corrected chi connectivity index (χ2v) is 5.63. The van der Waals surface area contributed by atoms with Gasteiger partial charge in [-0.15, -0.1) is 6.58 Å². The van der Waals surface area contributed by atoms with Gasteiger partial charge in [-0.05, 0) is 39.9 Å². The number of hydrogen-bond donors (Lipinski definition) is 1. The third kappa shape index (κ3) is 7.15. The maximum absolute atomic E-state index is 3.73. The van der Waals surface area contributed by atoms with Crippen LogP contribution in [0.4, 0.5) is 0 Å². The summed E-state index contributed by atoms with van der Waals surface area (Å²) >= 11 is 1.91. The molecule has 2 heteroatoms. The van der Waals surface area contributed by atoms with E-state index in [-0.39, 0.29) is 0 Å². The van der Waals surface area contributed by atoms with Crippen molar-refractivity contribution in [2.45, 2.75) is 44.4 Å². The van der Waals surface area contributed by atoms with Crippen LogP contribution >= 0.6 is 11.8 Å². The lowest BCUT2D eigenvalue weighted by atomic mass is 10.1. The number of hydrogen-bond acceptors (Lipinski definition) is 2. The van der Waals surface area contributed by atoms with Gasteiger partial charge in [0.15, 0.2) is 0 Å². The summed E-state index contributed by atoms with van der Waals surface area (Å²) < 4.78 is 0.350. The molecule has 13 heavy (non-hydrogen) atoms. The quantitative estimate of drug-likeness (QED) is 0.635. The predicted molar refractivity (Wildman–Crippen MR) is 64.5 cm³/mol. The van der Waals surface area contributed by atoms with E-state index in [0.29, 0.717) is 10.8 Å². The summed E-state index contributed by atoms with van der Waals surface area (Å²) in [7, 11) is 0. The normalized spacial score (nSPS) is 14.2. The predicted octanol–water partition coefficient (Wildman–Crippen LogP) is 3.07. The van der Waals surface area contributed by atoms with Gasteiger partial charge in [0.2, 0.25) is 0 Å². The molecule has 0 bridgehead atoms. The first-order valence-electron chi connectivity index (χ1n) is 4.91. The molecule has 78 valence electrons. The van der Waals surface area contributed by atoms with Crippen LogP contribution in [0.3, 0.4) is 0 Å². The Kier molecular flexibility index (Phi) is 6.52. The van der Waals surface area contributed by atoms with Crippen LogP contribution < -0.4 is 5.32 Å². The van der Waals surface area contributed by atoms with Gasteiger partial charge in [0.1, 0.15) is 0 Å². The molecule has 0 aliphatic rings. The van der Waals surface area contributed by atoms with Crippen molar-refractivity contribution in [1.82, 2.24) is 5.32 Å². The molecule has 0 fully saturated rings. The molecule has 1 nitrogen and oxygen atoms in total. The van der Waals surface area contributed by atoms with E-state index in [4.69, 9.17) is 0 Å². The van der Waals surface area contributed by atoms with E-state index in [2.05, 4.69) is 38.9 Å². The molecule has 0 aromatic rings. The highest BCUT2D eigenvalue weighted by Gasteiger charge is 2.15. The van der Waals surface area contributed by atoms with Crippen molar-refractivity contribution < 1.29 is 0 Å². The Morgan fingerprint density at radius 1 is 1.54 bits per heavy atom. The number of allylic oxidation sites excluding steroid dienone is 1. The zero-order chi connectivity index (χ0) is 10.3. The minimum Gasteiger partial charge on any atom is -0.313 e. The van der Waals surface area contributed by atoms with Gasteiger partial charge in [-0.3, -0.25) is 0 Å². The first-order valence-corrected chi connectivity index (χ1v) is 6.13. The Morgan fingerprint density at radius 3 is 2.62 bits per heavy atom. The lowest BCUT2D eigenvalue weighted by Crippen LogP contribution is -2.37. The number of thioether (sulfide) groups is 1. The molecular weight excluding hydrogens is 178 g/mol. The van der Waals surface area contributed by atoms with Crippen LogP contribution in [0.1, 0.15) is 33.6 Å². The van der Waals surface area contributed by atoms with E-state index in [0.717, 1.165) is 13.0 Å². The molecule has 0 spiro atoms. The lowest BCUT2D eigenvalue weighted by Gasteiger charge is -2.25. The molecule has 0 aliphatic heterocycles. The summed E-state index contributed by atoms with van der Waals surface area (Å²) in [6, 6.07) is 0.601. The fraction of sp³-hybridized carbons (Fsp3) is 0.818. The van der Waals surface area contributed by atoms with Gasteiger partial charge in [-0.25, -0.2) is 0 Å². The van der Waals surface area contributed by atoms with Crippen LogP contribution in [0.25, 0.3) is 0 Å². The SMILES string of the molecule is C=CCCC(C)NCC(C)(C)SC. The maximum Gasteiger partial charge on any atom is 0.0225 e. The van der Waals surface area contributed by atoms with E-state index in [1.807, 2.05) is 17.8 Å². The molecule has 0 aromatic heterocycles. The van der Waals surface area contributed by atoms with Gasteiger partial charge < -0.3 is 5.32 Å². The van der Waals surface area contributed by atoms with Crippen molar-refractivity contribution >= 4 is 11.8 Å². The largest absolute Gasteiger partial charge is 0.313 e. The molecule has 0 saturated heterocycles. The van der Waals surface area contributed by atoms with Crippen LogP contribution in [-0.4, -0.2) is 23.6 Å². The van der Waals surface area contributed by atoms with Crippen molar-refractivity contribution in [2.75, 3.05) is 12.8 Å². The molecule has 1 unspecified atom stereocenters. The summed E-state index contributed by atoms with van der Waals surface area (Å²) in [5, 5.41) is 3.54. The molecule has 0 saturated carbocycles. The van der Waals surface area contributed by atoms with Crippen LogP contribution in [0.5, 0.6) is 0 Å². The van der Waals surface area contributed by atoms with Crippen molar-refractivity contribution in [3.05, 3.63) is 12.7 Å². The number of rotatable bonds is 7. The standard InChI is InChI=1S/C11H23NS/c1-6-7-8-10(2)12-9-11(3,4)13-5/h6,10,12H,1,7-9H2,2-5H3. The summed E-state index contributed by atoms with van der Waals surface area (Å²) in [5.74, 6) is 0. The minimum atomic E-state index is 0.350. The average Bonchev–Trinajstić information content (AvgIpc) is 2.11. The maximum atomic E-state index is 3.73. The molecule has 0 rings (SSSR count). The Hall–Kier alpha value is 0.0500. The molecular formula is C11H23NS. The number of nitrogens with one attached hydrogen (secondary N) is 1. The summed E-state index contributed by atoms with van der Waals surface area (Å²) in [6.45, 7) is 11.6. The van der Waals surface area contributed by atoms with E-state index in [1.54, 1.807) is 0 Å². The Labute approximate surface area is 87.4 Å². The second-order valence-electron chi connectivity index (χ2n) is 4.11. The van der Waals surface area contributed by atoms with Crippen LogP contribution in [0.2, 0.25) is 0 Å². The average molecular weight is 201 g/mol. The topological polar surface area (TPSA) is 12.0 Å². The van der Waals surface area contributed by atoms with E-state index >= 15 is 0 Å². The van der Waals surface area contributed by atoms with Crippen LogP contribution in [0, 0.1) is 0 Å². The first kappa shape index (κ1) is 13.1. The van der Waals surface area contributed by atoms with Crippen LogP contribution in [0.15, 0.2) is 12.7 Å². The molecule has 0 aliphatic carbocycles. The first-order chi connectivity index (χ1) is 6.02. The Balaban J connectivity index is 3.56. The van der Waals surface area contributed by atoms with Crippen molar-refractivity contribution in [2.24, 2.45) is 0 Å². The zero-order valence-electron chi connectivity index (χ0n) is 9.39. The molecule has 0 radical (unpaired) electrons. The highest BCUT2D eigenvalue weighted by molar-refractivity contribution is 7.99. The van der Waals surface area contributed by atoms with E-state index in [9.17, 15) is 0 Å². The Bertz CT molecular complexity index is 143. The van der Waals surface area contributed by atoms with Crippen LogP contribution in [-0.2, 0) is 0 Å². The van der Waals surface area contributed by atoms with Crippen molar-refractivity contribution in [3.8, 4) is 0 Å². The monoisotopic (exact) mass is 201 g/mol. The molecule has 1 atom stereocenters. The van der Waals surface area contributed by atoms with Gasteiger partial charge in [0, 0.05) is 17.3 Å². The van der Waals surface area contributed by atoms with Gasteiger partial charge >= 0.3 is 0 Å². The van der Waals surface area contributed by atoms with Gasteiger partial charge in [0.05, 0.1) is 0 Å². The highest BCUT2D eigenvalue weighted by atomic mass is 32.2. The van der Waals surface area contributed by atoms with Gasteiger partial charge in [-0.2, -0.15) is 11.8 Å². The van der Waals surface area contributed by atoms with Crippen molar-refractivity contribution in [3.63, 3.8) is 0 Å². The molecule has 0 amide bonds. The van der Waals surface area contributed by atoms with E-state index < -0.39 is 0 Å². The van der Waals surface area contributed by atoms with Crippen molar-refractivity contribution in [1.29, 1.82) is 0 Å². The second kappa shape index (κ2) is 6.50. The van der Waals surface area contributed by atoms with Gasteiger partial charge in [0.25, 0.3) is 0 Å². The van der Waals surface area contributed by atoms with E-state index in [1.165, 1.54) is 6.42 Å². The summed E-state index contributed by atoms with van der Waals surface area (Å²) in [5.41, 5.74) is 0. The smallest absolute Gasteiger partial charge is 0.0225 e. The zero-order valence-corrected chi connectivity index (χ0v) is 10.2. The molecule has 0 heterocycles.